The molecular weight excluding hydrogens is 364 g/mol. The second kappa shape index (κ2) is 7.92. The summed E-state index contributed by atoms with van der Waals surface area (Å²) >= 11 is 1.57. The van der Waals surface area contributed by atoms with Gasteiger partial charge in [0, 0.05) is 54.5 Å². The number of aryl methyl sites for hydroxylation is 1. The highest BCUT2D eigenvalue weighted by molar-refractivity contribution is 7.08. The van der Waals surface area contributed by atoms with Gasteiger partial charge in [-0.1, -0.05) is 11.2 Å². The topological polar surface area (TPSA) is 98.7 Å². The van der Waals surface area contributed by atoms with Crippen molar-refractivity contribution < 1.29 is 9.32 Å². The van der Waals surface area contributed by atoms with Gasteiger partial charge in [-0.25, -0.2) is 9.97 Å². The molecule has 9 heteroatoms. The molecule has 0 spiro atoms. The summed E-state index contributed by atoms with van der Waals surface area (Å²) < 4.78 is 7.02. The Morgan fingerprint density at radius 1 is 1.30 bits per heavy atom. The molecule has 1 N–H and O–H groups in total. The number of aromatic nitrogens is 5. The van der Waals surface area contributed by atoms with Crippen LogP contribution in [-0.4, -0.2) is 30.6 Å². The summed E-state index contributed by atoms with van der Waals surface area (Å²) in [4.78, 5) is 24.9. The van der Waals surface area contributed by atoms with Crippen LogP contribution >= 0.6 is 11.3 Å². The van der Waals surface area contributed by atoms with Gasteiger partial charge < -0.3 is 9.84 Å². The lowest BCUT2D eigenvalue weighted by Crippen LogP contribution is -2.24. The maximum absolute atomic E-state index is 12.2. The number of carbonyl (C=O) groups excluding carboxylic acids is 1. The van der Waals surface area contributed by atoms with E-state index in [2.05, 4.69) is 25.4 Å². The molecule has 0 aromatic carbocycles. The molecule has 0 radical (unpaired) electrons. The molecule has 0 unspecified atom stereocenters. The Balaban J connectivity index is 1.32. The molecule has 0 saturated heterocycles. The second-order valence-electron chi connectivity index (χ2n) is 5.76. The number of thiophene rings is 1. The largest absolute Gasteiger partial charge is 0.352 e. The van der Waals surface area contributed by atoms with Crippen LogP contribution < -0.4 is 5.32 Å². The van der Waals surface area contributed by atoms with Gasteiger partial charge in [-0.3, -0.25) is 9.36 Å². The molecule has 0 aliphatic heterocycles. The van der Waals surface area contributed by atoms with Crippen molar-refractivity contribution in [1.82, 2.24) is 30.0 Å². The number of hydrogen-bond acceptors (Lipinski definition) is 7. The summed E-state index contributed by atoms with van der Waals surface area (Å²) in [6.45, 7) is 0.379. The molecule has 4 heterocycles. The van der Waals surface area contributed by atoms with Crippen LogP contribution in [0.5, 0.6) is 0 Å². The number of hydrogen-bond donors (Lipinski definition) is 1. The molecule has 0 aliphatic carbocycles. The predicted octanol–water partition coefficient (Wildman–Crippen LogP) is 2.63. The third-order valence-electron chi connectivity index (χ3n) is 3.91. The first-order valence-corrected chi connectivity index (χ1v) is 9.28. The number of imidazole rings is 1. The SMILES string of the molecule is O=C(CCc1nc(-c2ccsc2)no1)NCc1cccnc1-n1ccnc1. The van der Waals surface area contributed by atoms with Gasteiger partial charge in [0.05, 0.1) is 0 Å². The number of pyridine rings is 1. The van der Waals surface area contributed by atoms with Crippen molar-refractivity contribution in [3.8, 4) is 17.2 Å². The van der Waals surface area contributed by atoms with Crippen molar-refractivity contribution >= 4 is 17.2 Å². The van der Waals surface area contributed by atoms with Crippen LogP contribution in [-0.2, 0) is 17.8 Å². The van der Waals surface area contributed by atoms with Gasteiger partial charge in [-0.2, -0.15) is 16.3 Å². The average Bonchev–Trinajstić information content (AvgIpc) is 3.46. The van der Waals surface area contributed by atoms with E-state index in [1.807, 2.05) is 39.7 Å². The van der Waals surface area contributed by atoms with Crippen LogP contribution in [0.4, 0.5) is 0 Å². The predicted molar refractivity (Wildman–Crippen MR) is 99.1 cm³/mol. The van der Waals surface area contributed by atoms with E-state index in [0.29, 0.717) is 24.7 Å². The summed E-state index contributed by atoms with van der Waals surface area (Å²) in [5, 5.41) is 10.8. The summed E-state index contributed by atoms with van der Waals surface area (Å²) in [5.41, 5.74) is 1.82. The molecule has 136 valence electrons. The maximum Gasteiger partial charge on any atom is 0.227 e. The van der Waals surface area contributed by atoms with Crippen LogP contribution in [0.25, 0.3) is 17.2 Å². The van der Waals surface area contributed by atoms with Gasteiger partial charge in [-0.05, 0) is 17.5 Å². The Morgan fingerprint density at radius 2 is 2.26 bits per heavy atom. The minimum Gasteiger partial charge on any atom is -0.352 e. The molecule has 1 amide bonds. The van der Waals surface area contributed by atoms with E-state index in [-0.39, 0.29) is 12.3 Å². The molecule has 0 saturated carbocycles. The molecule has 0 fully saturated rings. The van der Waals surface area contributed by atoms with Crippen molar-refractivity contribution in [3.63, 3.8) is 0 Å². The molecule has 4 rings (SSSR count). The minimum absolute atomic E-state index is 0.0919. The third kappa shape index (κ3) is 4.09. The number of nitrogens with one attached hydrogen (secondary N) is 1. The molecule has 0 atom stereocenters. The fraction of sp³-hybridized carbons (Fsp3) is 0.167. The summed E-state index contributed by atoms with van der Waals surface area (Å²) in [7, 11) is 0. The van der Waals surface area contributed by atoms with Gasteiger partial charge in [0.2, 0.25) is 17.6 Å². The molecule has 4 aromatic heterocycles. The number of rotatable bonds is 7. The van der Waals surface area contributed by atoms with Crippen molar-refractivity contribution in [2.45, 2.75) is 19.4 Å². The van der Waals surface area contributed by atoms with Crippen molar-refractivity contribution in [3.05, 3.63) is 65.3 Å². The standard InChI is InChI=1S/C18H16N6O2S/c25-15(3-4-16-22-17(23-26-16)14-5-9-27-11-14)21-10-13-2-1-6-20-18(13)24-8-7-19-12-24/h1-2,5-9,11-12H,3-4,10H2,(H,21,25). The first-order chi connectivity index (χ1) is 13.3. The lowest BCUT2D eigenvalue weighted by Gasteiger charge is -2.09. The monoisotopic (exact) mass is 380 g/mol. The molecule has 27 heavy (non-hydrogen) atoms. The van der Waals surface area contributed by atoms with Gasteiger partial charge in [0.15, 0.2) is 0 Å². The Hall–Kier alpha value is -3.33. The minimum atomic E-state index is -0.0919. The van der Waals surface area contributed by atoms with Crippen LogP contribution in [0.2, 0.25) is 0 Å². The fourth-order valence-corrected chi connectivity index (χ4v) is 3.19. The van der Waals surface area contributed by atoms with Crippen molar-refractivity contribution in [2.24, 2.45) is 0 Å². The quantitative estimate of drug-likeness (QED) is 0.529. The number of nitrogens with zero attached hydrogens (tertiary/aromatic N) is 5. The molecule has 4 aromatic rings. The number of amides is 1. The molecule has 0 bridgehead atoms. The average molecular weight is 380 g/mol. The first-order valence-electron chi connectivity index (χ1n) is 8.33. The highest BCUT2D eigenvalue weighted by Gasteiger charge is 2.12. The summed E-state index contributed by atoms with van der Waals surface area (Å²) in [5.74, 6) is 1.65. The summed E-state index contributed by atoms with van der Waals surface area (Å²) in [6, 6.07) is 5.69. The van der Waals surface area contributed by atoms with Gasteiger partial charge in [0.25, 0.3) is 0 Å². The van der Waals surface area contributed by atoms with E-state index < -0.39 is 0 Å². The van der Waals surface area contributed by atoms with E-state index in [4.69, 9.17) is 4.52 Å². The fourth-order valence-electron chi connectivity index (χ4n) is 2.55. The summed E-state index contributed by atoms with van der Waals surface area (Å²) in [6.07, 6.45) is 7.55. The first kappa shape index (κ1) is 17.1. The Kier molecular flexibility index (Phi) is 5.01. The highest BCUT2D eigenvalue weighted by atomic mass is 32.1. The number of carbonyl (C=O) groups is 1. The van der Waals surface area contributed by atoms with Gasteiger partial charge >= 0.3 is 0 Å². The lowest BCUT2D eigenvalue weighted by molar-refractivity contribution is -0.121. The Labute approximate surface area is 158 Å². The Bertz CT molecular complexity index is 1010. The second-order valence-corrected chi connectivity index (χ2v) is 6.54. The smallest absolute Gasteiger partial charge is 0.227 e. The zero-order valence-electron chi connectivity index (χ0n) is 14.3. The van der Waals surface area contributed by atoms with Gasteiger partial charge in [0.1, 0.15) is 12.1 Å². The van der Waals surface area contributed by atoms with Gasteiger partial charge in [-0.15, -0.1) is 0 Å². The maximum atomic E-state index is 12.2. The van der Waals surface area contributed by atoms with E-state index in [1.165, 1.54) is 0 Å². The molecular formula is C18H16N6O2S. The zero-order chi connectivity index (χ0) is 18.5. The van der Waals surface area contributed by atoms with Crippen LogP contribution in [0, 0.1) is 0 Å². The van der Waals surface area contributed by atoms with Crippen LogP contribution in [0.1, 0.15) is 17.9 Å². The Morgan fingerprint density at radius 3 is 3.07 bits per heavy atom. The molecule has 0 aliphatic rings. The zero-order valence-corrected chi connectivity index (χ0v) is 15.1. The van der Waals surface area contributed by atoms with E-state index in [0.717, 1.165) is 16.9 Å². The molecule has 8 nitrogen and oxygen atoms in total. The van der Waals surface area contributed by atoms with Crippen LogP contribution in [0.15, 0.2) is 58.4 Å². The normalized spacial score (nSPS) is 10.8. The van der Waals surface area contributed by atoms with Crippen LogP contribution in [0.3, 0.4) is 0 Å². The highest BCUT2D eigenvalue weighted by Crippen LogP contribution is 2.19. The van der Waals surface area contributed by atoms with E-state index in [1.54, 1.807) is 30.1 Å². The van der Waals surface area contributed by atoms with E-state index >= 15 is 0 Å². The third-order valence-corrected chi connectivity index (χ3v) is 4.59. The van der Waals surface area contributed by atoms with Crippen molar-refractivity contribution in [1.29, 1.82) is 0 Å². The van der Waals surface area contributed by atoms with Crippen molar-refractivity contribution in [2.75, 3.05) is 0 Å². The van der Waals surface area contributed by atoms with E-state index in [9.17, 15) is 4.79 Å². The lowest BCUT2D eigenvalue weighted by atomic mass is 10.2.